The van der Waals surface area contributed by atoms with Crippen molar-refractivity contribution in [3.63, 3.8) is 0 Å². The largest absolute Gasteiger partial charge is 0.430 e. The highest BCUT2D eigenvalue weighted by molar-refractivity contribution is 5.47. The monoisotopic (exact) mass is 556 g/mol. The Morgan fingerprint density at radius 1 is 0.486 bits per heavy atom. The molecule has 208 valence electrons. The molecule has 0 fully saturated rings. The maximum absolute atomic E-state index is 13.5. The molecule has 0 saturated carbocycles. The molecule has 2 rings (SSSR count). The highest BCUT2D eigenvalue weighted by Crippen LogP contribution is 2.53. The zero-order valence-corrected chi connectivity index (χ0v) is 19.4. The van der Waals surface area contributed by atoms with Crippen molar-refractivity contribution in [1.82, 2.24) is 0 Å². The molecule has 0 aliphatic heterocycles. The van der Waals surface area contributed by atoms with Crippen LogP contribution in [-0.2, 0) is 17.6 Å². The third kappa shape index (κ3) is 5.01. The molecule has 0 amide bonds. The van der Waals surface area contributed by atoms with Gasteiger partial charge in [-0.05, 0) is 67.5 Å². The van der Waals surface area contributed by atoms with Crippen LogP contribution in [-0.4, -0.2) is 34.9 Å². The van der Waals surface area contributed by atoms with Gasteiger partial charge >= 0.3 is 24.7 Å². The van der Waals surface area contributed by atoms with E-state index in [0.29, 0.717) is 12.1 Å². The maximum atomic E-state index is 13.5. The van der Waals surface area contributed by atoms with Crippen molar-refractivity contribution in [2.24, 2.45) is 0 Å². The highest BCUT2D eigenvalue weighted by atomic mass is 19.4. The third-order valence-electron chi connectivity index (χ3n) is 6.28. The van der Waals surface area contributed by atoms with Crippen LogP contribution in [0, 0.1) is 27.7 Å². The molecule has 0 radical (unpaired) electrons. The molecular weight excluding hydrogens is 536 g/mol. The number of rotatable bonds is 4. The summed E-state index contributed by atoms with van der Waals surface area (Å²) in [4.78, 5) is 0. The standard InChI is InChI=1S/C23H20F12O2/c1-10-5-14(8-16(12(10)3)18(36,20(24,25)26)21(27,28)29)7-15-6-11(2)13(4)17(9-15)19(37,22(30,31)32)23(33,34)35/h5-6,8-9,36-37H,7H2,1-4H3. The number of benzene rings is 2. The van der Waals surface area contributed by atoms with E-state index in [1.54, 1.807) is 0 Å². The summed E-state index contributed by atoms with van der Waals surface area (Å²) in [6.45, 7) is 4.01. The fourth-order valence-corrected chi connectivity index (χ4v) is 3.99. The third-order valence-corrected chi connectivity index (χ3v) is 6.28. The number of alkyl halides is 12. The first-order valence-corrected chi connectivity index (χ1v) is 10.2. The molecule has 0 heterocycles. The van der Waals surface area contributed by atoms with Gasteiger partial charge in [0.15, 0.2) is 0 Å². The second-order valence-electron chi connectivity index (χ2n) is 8.76. The minimum Gasteiger partial charge on any atom is -0.369 e. The minimum absolute atomic E-state index is 0.162. The Kier molecular flexibility index (Phi) is 7.54. The van der Waals surface area contributed by atoms with Gasteiger partial charge in [0.25, 0.3) is 11.2 Å². The van der Waals surface area contributed by atoms with Crippen LogP contribution in [0.15, 0.2) is 24.3 Å². The van der Waals surface area contributed by atoms with E-state index in [2.05, 4.69) is 0 Å². The van der Waals surface area contributed by atoms with Crippen LogP contribution in [0.5, 0.6) is 0 Å². The van der Waals surface area contributed by atoms with Gasteiger partial charge in [-0.3, -0.25) is 0 Å². The number of hydrogen-bond acceptors (Lipinski definition) is 2. The summed E-state index contributed by atoms with van der Waals surface area (Å²) in [7, 11) is 0. The molecule has 0 aliphatic rings. The Balaban J connectivity index is 2.80. The van der Waals surface area contributed by atoms with Gasteiger partial charge in [0.2, 0.25) is 0 Å². The van der Waals surface area contributed by atoms with Crippen LogP contribution < -0.4 is 0 Å². The van der Waals surface area contributed by atoms with Gasteiger partial charge < -0.3 is 10.2 Å². The van der Waals surface area contributed by atoms with Crippen molar-refractivity contribution >= 4 is 0 Å². The summed E-state index contributed by atoms with van der Waals surface area (Å²) < 4.78 is 161. The van der Waals surface area contributed by atoms with Crippen LogP contribution >= 0.6 is 0 Å². The van der Waals surface area contributed by atoms with Gasteiger partial charge in [0, 0.05) is 11.1 Å². The molecule has 0 aromatic heterocycles. The van der Waals surface area contributed by atoms with Crippen LogP contribution in [0.25, 0.3) is 0 Å². The van der Waals surface area contributed by atoms with Crippen LogP contribution in [0.3, 0.4) is 0 Å². The van der Waals surface area contributed by atoms with Crippen molar-refractivity contribution in [3.05, 3.63) is 68.8 Å². The molecule has 0 bridgehead atoms. The Labute approximate surface area is 202 Å². The average Bonchev–Trinajstić information content (AvgIpc) is 2.68. The predicted octanol–water partition coefficient (Wildman–Crippen LogP) is 7.14. The summed E-state index contributed by atoms with van der Waals surface area (Å²) in [6.07, 6.45) is -25.6. The van der Waals surface area contributed by atoms with E-state index in [1.165, 1.54) is 0 Å². The fourth-order valence-electron chi connectivity index (χ4n) is 3.99. The first-order chi connectivity index (χ1) is 16.3. The van der Waals surface area contributed by atoms with Crippen molar-refractivity contribution in [2.45, 2.75) is 70.0 Å². The first-order valence-electron chi connectivity index (χ1n) is 10.2. The van der Waals surface area contributed by atoms with Gasteiger partial charge in [0.05, 0.1) is 0 Å². The molecule has 37 heavy (non-hydrogen) atoms. The lowest BCUT2D eigenvalue weighted by Crippen LogP contribution is -2.54. The van der Waals surface area contributed by atoms with Crippen molar-refractivity contribution in [3.8, 4) is 0 Å². The highest BCUT2D eigenvalue weighted by Gasteiger charge is 2.73. The molecule has 0 unspecified atom stereocenters. The second kappa shape index (κ2) is 9.07. The van der Waals surface area contributed by atoms with E-state index in [-0.39, 0.29) is 22.3 Å². The lowest BCUT2D eigenvalue weighted by atomic mass is 9.82. The lowest BCUT2D eigenvalue weighted by Gasteiger charge is -2.35. The SMILES string of the molecule is Cc1cc(Cc2cc(C)c(C)c(C(O)(C(F)(F)F)C(F)(F)F)c2)cc(C(O)(C(F)(F)F)C(F)(F)F)c1C. The molecule has 14 heteroatoms. The lowest BCUT2D eigenvalue weighted by molar-refractivity contribution is -0.377. The molecular formula is C23H20F12O2. The van der Waals surface area contributed by atoms with Gasteiger partial charge in [-0.25, -0.2) is 0 Å². The quantitative estimate of drug-likeness (QED) is 0.394. The average molecular weight is 556 g/mol. The van der Waals surface area contributed by atoms with Crippen molar-refractivity contribution in [1.29, 1.82) is 0 Å². The molecule has 0 spiro atoms. The van der Waals surface area contributed by atoms with E-state index in [9.17, 15) is 62.9 Å². The summed E-state index contributed by atoms with van der Waals surface area (Å²) in [6, 6.07) is 2.86. The van der Waals surface area contributed by atoms with Gasteiger partial charge in [-0.15, -0.1) is 0 Å². The van der Waals surface area contributed by atoms with E-state index in [4.69, 9.17) is 0 Å². The van der Waals surface area contributed by atoms with Crippen LogP contribution in [0.2, 0.25) is 0 Å². The second-order valence-corrected chi connectivity index (χ2v) is 8.76. The van der Waals surface area contributed by atoms with E-state index in [0.717, 1.165) is 39.8 Å². The van der Waals surface area contributed by atoms with Gasteiger partial charge in [-0.1, -0.05) is 24.3 Å². The molecule has 0 saturated heterocycles. The molecule has 0 aliphatic carbocycles. The van der Waals surface area contributed by atoms with Gasteiger partial charge in [0.1, 0.15) is 0 Å². The topological polar surface area (TPSA) is 40.5 Å². The Morgan fingerprint density at radius 2 is 0.730 bits per heavy atom. The first kappa shape index (κ1) is 30.7. The van der Waals surface area contributed by atoms with Crippen LogP contribution in [0.1, 0.15) is 44.5 Å². The van der Waals surface area contributed by atoms with E-state index < -0.39 is 64.6 Å². The summed E-state index contributed by atoms with van der Waals surface area (Å²) in [5.41, 5.74) is -16.0. The number of hydrogen-bond donors (Lipinski definition) is 2. The molecule has 0 atom stereocenters. The Morgan fingerprint density at radius 3 is 0.946 bits per heavy atom. The number of aryl methyl sites for hydroxylation is 2. The fraction of sp³-hybridized carbons (Fsp3) is 0.478. The van der Waals surface area contributed by atoms with E-state index in [1.807, 2.05) is 0 Å². The minimum atomic E-state index is -6.22. The number of aliphatic hydroxyl groups is 2. The smallest absolute Gasteiger partial charge is 0.369 e. The molecule has 2 aromatic carbocycles. The summed E-state index contributed by atoms with van der Waals surface area (Å²) >= 11 is 0. The number of halogens is 12. The zero-order chi connectivity index (χ0) is 29.2. The molecule has 2 aromatic rings. The van der Waals surface area contributed by atoms with E-state index >= 15 is 0 Å². The van der Waals surface area contributed by atoms with Gasteiger partial charge in [-0.2, -0.15) is 52.7 Å². The zero-order valence-electron chi connectivity index (χ0n) is 19.4. The van der Waals surface area contributed by atoms with Crippen molar-refractivity contribution < 1.29 is 62.9 Å². The Hall–Kier alpha value is -2.48. The molecule has 2 nitrogen and oxygen atoms in total. The maximum Gasteiger partial charge on any atom is 0.430 e. The normalized spacial score (nSPS) is 14.3. The molecule has 2 N–H and O–H groups in total. The van der Waals surface area contributed by atoms with Crippen molar-refractivity contribution in [2.75, 3.05) is 0 Å². The summed E-state index contributed by atoms with van der Waals surface area (Å²) in [5.74, 6) is 0. The predicted molar refractivity (Wildman–Crippen MR) is 107 cm³/mol. The Bertz CT molecular complexity index is 1050. The van der Waals surface area contributed by atoms with Crippen LogP contribution in [0.4, 0.5) is 52.7 Å². The summed E-state index contributed by atoms with van der Waals surface area (Å²) in [5, 5.41) is 19.7.